The fraction of sp³-hybridized carbons (Fsp3) is 0.833. The second-order valence-electron chi connectivity index (χ2n) is 5.66. The van der Waals surface area contributed by atoms with Crippen molar-refractivity contribution < 1.29 is 9.59 Å². The molecule has 0 saturated carbocycles. The van der Waals surface area contributed by atoms with Crippen LogP contribution in [0.3, 0.4) is 0 Å². The van der Waals surface area contributed by atoms with Gasteiger partial charge in [-0.1, -0.05) is 20.8 Å². The average Bonchev–Trinajstić information content (AvgIpc) is 2.14. The molecular weight excluding hydrogens is 204 g/mol. The number of piperazine rings is 1. The van der Waals surface area contributed by atoms with E-state index in [9.17, 15) is 9.59 Å². The minimum absolute atomic E-state index is 0.0545. The normalized spacial score (nSPS) is 18.2. The molecule has 0 bridgehead atoms. The molecule has 1 heterocycles. The molecule has 0 unspecified atom stereocenters. The smallest absolute Gasteiger partial charge is 0.242 e. The molecule has 4 nitrogen and oxygen atoms in total. The molecule has 0 atom stereocenters. The molecule has 1 aliphatic rings. The summed E-state index contributed by atoms with van der Waals surface area (Å²) in [6, 6.07) is 0.222. The number of carbonyl (C=O) groups excluding carboxylic acids is 2. The molecular formula is C12H22N2O2. The zero-order valence-corrected chi connectivity index (χ0v) is 10.9. The van der Waals surface area contributed by atoms with Crippen molar-refractivity contribution in [2.75, 3.05) is 19.6 Å². The Morgan fingerprint density at radius 1 is 1.25 bits per heavy atom. The number of amides is 2. The van der Waals surface area contributed by atoms with Gasteiger partial charge in [0, 0.05) is 24.5 Å². The van der Waals surface area contributed by atoms with Crippen LogP contribution in [0.5, 0.6) is 0 Å². The van der Waals surface area contributed by atoms with E-state index < -0.39 is 5.41 Å². The van der Waals surface area contributed by atoms with Gasteiger partial charge in [0.2, 0.25) is 11.8 Å². The van der Waals surface area contributed by atoms with E-state index in [1.165, 1.54) is 0 Å². The molecule has 1 aliphatic heterocycles. The van der Waals surface area contributed by atoms with Crippen LogP contribution in [-0.2, 0) is 9.59 Å². The number of carbonyl (C=O) groups is 2. The molecule has 4 heteroatoms. The van der Waals surface area contributed by atoms with E-state index in [1.54, 1.807) is 4.90 Å². The van der Waals surface area contributed by atoms with Crippen molar-refractivity contribution in [3.63, 3.8) is 0 Å². The summed E-state index contributed by atoms with van der Waals surface area (Å²) in [5.41, 5.74) is -0.402. The first kappa shape index (κ1) is 13.0. The van der Waals surface area contributed by atoms with E-state index in [0.717, 1.165) is 0 Å². The van der Waals surface area contributed by atoms with Gasteiger partial charge in [-0.2, -0.15) is 0 Å². The molecule has 0 aliphatic carbocycles. The molecule has 16 heavy (non-hydrogen) atoms. The summed E-state index contributed by atoms with van der Waals surface area (Å²) in [5.74, 6) is 0.114. The number of hydrogen-bond acceptors (Lipinski definition) is 2. The molecule has 1 rings (SSSR count). The molecule has 0 radical (unpaired) electrons. The highest BCUT2D eigenvalue weighted by Gasteiger charge is 2.33. The molecule has 1 saturated heterocycles. The number of nitrogens with zero attached hydrogens (tertiary/aromatic N) is 2. The van der Waals surface area contributed by atoms with E-state index in [2.05, 4.69) is 0 Å². The second kappa shape index (κ2) is 4.44. The molecule has 1 fully saturated rings. The minimum Gasteiger partial charge on any atom is -0.337 e. The molecule has 0 N–H and O–H groups in total. The third-order valence-electron chi connectivity index (χ3n) is 2.81. The Kier molecular flexibility index (Phi) is 3.61. The topological polar surface area (TPSA) is 40.6 Å². The summed E-state index contributed by atoms with van der Waals surface area (Å²) in [7, 11) is 0. The zero-order chi connectivity index (χ0) is 12.5. The van der Waals surface area contributed by atoms with Gasteiger partial charge in [-0.25, -0.2) is 0 Å². The lowest BCUT2D eigenvalue weighted by Gasteiger charge is -2.38. The van der Waals surface area contributed by atoms with Crippen molar-refractivity contribution in [2.45, 2.75) is 40.7 Å². The predicted molar refractivity (Wildman–Crippen MR) is 62.9 cm³/mol. The van der Waals surface area contributed by atoms with Crippen LogP contribution in [0.15, 0.2) is 0 Å². The SMILES string of the molecule is CC(C)N1CCN(C(=O)C(C)(C)C)CC1=O. The lowest BCUT2D eigenvalue weighted by molar-refractivity contribution is -0.151. The monoisotopic (exact) mass is 226 g/mol. The highest BCUT2D eigenvalue weighted by atomic mass is 16.2. The molecule has 92 valence electrons. The lowest BCUT2D eigenvalue weighted by atomic mass is 9.94. The standard InChI is InChI=1S/C12H22N2O2/c1-9(2)14-7-6-13(8-10(14)15)11(16)12(3,4)5/h9H,6-8H2,1-5H3. The second-order valence-corrected chi connectivity index (χ2v) is 5.66. The fourth-order valence-corrected chi connectivity index (χ4v) is 1.88. The van der Waals surface area contributed by atoms with Crippen molar-refractivity contribution in [1.29, 1.82) is 0 Å². The van der Waals surface area contributed by atoms with Crippen molar-refractivity contribution >= 4 is 11.8 Å². The van der Waals surface area contributed by atoms with E-state index in [-0.39, 0.29) is 24.4 Å². The largest absolute Gasteiger partial charge is 0.337 e. The van der Waals surface area contributed by atoms with Gasteiger partial charge in [-0.15, -0.1) is 0 Å². The van der Waals surface area contributed by atoms with Crippen LogP contribution in [-0.4, -0.2) is 47.3 Å². The Balaban J connectivity index is 2.65. The molecule has 0 aromatic rings. The summed E-state index contributed by atoms with van der Waals surface area (Å²) in [6.07, 6.45) is 0. The van der Waals surface area contributed by atoms with Crippen molar-refractivity contribution in [2.24, 2.45) is 5.41 Å². The van der Waals surface area contributed by atoms with Gasteiger partial charge in [-0.05, 0) is 13.8 Å². The van der Waals surface area contributed by atoms with Gasteiger partial charge < -0.3 is 9.80 Å². The zero-order valence-electron chi connectivity index (χ0n) is 10.9. The van der Waals surface area contributed by atoms with Gasteiger partial charge in [-0.3, -0.25) is 9.59 Å². The van der Waals surface area contributed by atoms with Crippen LogP contribution in [0.25, 0.3) is 0 Å². The average molecular weight is 226 g/mol. The summed E-state index contributed by atoms with van der Waals surface area (Å²) < 4.78 is 0. The number of rotatable bonds is 1. The first-order valence-corrected chi connectivity index (χ1v) is 5.82. The van der Waals surface area contributed by atoms with Gasteiger partial charge in [0.05, 0.1) is 6.54 Å². The quantitative estimate of drug-likeness (QED) is 0.672. The predicted octanol–water partition coefficient (Wildman–Crippen LogP) is 1.11. The van der Waals surface area contributed by atoms with Crippen LogP contribution in [0.2, 0.25) is 0 Å². The van der Waals surface area contributed by atoms with Gasteiger partial charge in [0.15, 0.2) is 0 Å². The molecule has 2 amide bonds. The maximum absolute atomic E-state index is 12.0. The highest BCUT2D eigenvalue weighted by molar-refractivity contribution is 5.88. The van der Waals surface area contributed by atoms with Crippen LogP contribution < -0.4 is 0 Å². The van der Waals surface area contributed by atoms with Crippen molar-refractivity contribution in [1.82, 2.24) is 9.80 Å². The van der Waals surface area contributed by atoms with E-state index >= 15 is 0 Å². The summed E-state index contributed by atoms with van der Waals surface area (Å²) in [5, 5.41) is 0. The van der Waals surface area contributed by atoms with E-state index in [1.807, 2.05) is 39.5 Å². The molecule has 0 aromatic carbocycles. The lowest BCUT2D eigenvalue weighted by Crippen LogP contribution is -2.56. The van der Waals surface area contributed by atoms with Crippen LogP contribution in [0.1, 0.15) is 34.6 Å². The maximum Gasteiger partial charge on any atom is 0.242 e. The van der Waals surface area contributed by atoms with Crippen LogP contribution >= 0.6 is 0 Å². The highest BCUT2D eigenvalue weighted by Crippen LogP contribution is 2.19. The van der Waals surface area contributed by atoms with Gasteiger partial charge >= 0.3 is 0 Å². The first-order chi connectivity index (χ1) is 7.23. The Labute approximate surface area is 97.6 Å². The van der Waals surface area contributed by atoms with Crippen molar-refractivity contribution in [3.8, 4) is 0 Å². The number of hydrogen-bond donors (Lipinski definition) is 0. The van der Waals surface area contributed by atoms with E-state index in [4.69, 9.17) is 0 Å². The third kappa shape index (κ3) is 2.74. The van der Waals surface area contributed by atoms with E-state index in [0.29, 0.717) is 13.1 Å². The Morgan fingerprint density at radius 2 is 1.81 bits per heavy atom. The maximum atomic E-state index is 12.0. The summed E-state index contributed by atoms with van der Waals surface area (Å²) in [6.45, 7) is 11.2. The third-order valence-corrected chi connectivity index (χ3v) is 2.81. The Morgan fingerprint density at radius 3 is 2.19 bits per heavy atom. The van der Waals surface area contributed by atoms with Gasteiger partial charge in [0.25, 0.3) is 0 Å². The molecule has 0 spiro atoms. The fourth-order valence-electron chi connectivity index (χ4n) is 1.88. The van der Waals surface area contributed by atoms with Gasteiger partial charge in [0.1, 0.15) is 0 Å². The summed E-state index contributed by atoms with van der Waals surface area (Å²) >= 11 is 0. The summed E-state index contributed by atoms with van der Waals surface area (Å²) in [4.78, 5) is 27.3. The minimum atomic E-state index is -0.402. The first-order valence-electron chi connectivity index (χ1n) is 5.82. The van der Waals surface area contributed by atoms with Crippen molar-refractivity contribution in [3.05, 3.63) is 0 Å². The van der Waals surface area contributed by atoms with Crippen LogP contribution in [0.4, 0.5) is 0 Å². The molecule has 0 aromatic heterocycles. The Hall–Kier alpha value is -1.06. The Bertz CT molecular complexity index is 292. The van der Waals surface area contributed by atoms with Crippen LogP contribution in [0, 0.1) is 5.41 Å².